The molecule has 0 fully saturated rings. The van der Waals surface area contributed by atoms with Crippen LogP contribution in [-0.4, -0.2) is 35.4 Å². The Morgan fingerprint density at radius 3 is 1.58 bits per heavy atom. The second kappa shape index (κ2) is 18.7. The molecule has 0 aliphatic heterocycles. The van der Waals surface area contributed by atoms with E-state index in [9.17, 15) is 9.90 Å². The fourth-order valence-electron chi connectivity index (χ4n) is 3.01. The molecule has 0 aliphatic rings. The van der Waals surface area contributed by atoms with Crippen molar-refractivity contribution in [3.63, 3.8) is 0 Å². The number of amides is 1. The lowest BCUT2D eigenvalue weighted by Crippen LogP contribution is -2.20. The normalized spacial score (nSPS) is 12.3. The number of nitrogens with one attached hydrogen (secondary N) is 1. The van der Waals surface area contributed by atoms with E-state index in [0.717, 1.165) is 25.8 Å². The zero-order valence-electron chi connectivity index (χ0n) is 15.9. The van der Waals surface area contributed by atoms with E-state index in [1.54, 1.807) is 6.92 Å². The molecule has 0 bridgehead atoms. The SMILES string of the molecule is CC(=O)NCCCCCCCCCCCCCCCC(O)CCO. The van der Waals surface area contributed by atoms with Crippen LogP contribution in [0.25, 0.3) is 0 Å². The zero-order valence-corrected chi connectivity index (χ0v) is 15.9. The Morgan fingerprint density at radius 2 is 1.17 bits per heavy atom. The van der Waals surface area contributed by atoms with Crippen molar-refractivity contribution in [2.24, 2.45) is 0 Å². The Balaban J connectivity index is 3.04. The van der Waals surface area contributed by atoms with E-state index in [2.05, 4.69) is 5.32 Å². The first-order chi connectivity index (χ1) is 11.7. The first-order valence-corrected chi connectivity index (χ1v) is 10.2. The van der Waals surface area contributed by atoms with Crippen LogP contribution in [0.2, 0.25) is 0 Å². The van der Waals surface area contributed by atoms with Crippen LogP contribution in [0.4, 0.5) is 0 Å². The third-order valence-electron chi connectivity index (χ3n) is 4.55. The molecule has 4 nitrogen and oxygen atoms in total. The summed E-state index contributed by atoms with van der Waals surface area (Å²) < 4.78 is 0. The van der Waals surface area contributed by atoms with Gasteiger partial charge in [-0.1, -0.05) is 77.0 Å². The van der Waals surface area contributed by atoms with Gasteiger partial charge < -0.3 is 15.5 Å². The number of aliphatic hydroxyl groups is 2. The molecular formula is C20H41NO3. The number of rotatable bonds is 18. The van der Waals surface area contributed by atoms with Gasteiger partial charge in [0, 0.05) is 20.1 Å². The molecule has 0 saturated heterocycles. The smallest absolute Gasteiger partial charge is 0.216 e. The molecule has 0 spiro atoms. The van der Waals surface area contributed by atoms with Gasteiger partial charge in [-0.15, -0.1) is 0 Å². The molecule has 0 aromatic carbocycles. The monoisotopic (exact) mass is 343 g/mol. The van der Waals surface area contributed by atoms with Crippen LogP contribution in [0.15, 0.2) is 0 Å². The Labute approximate surface area is 149 Å². The van der Waals surface area contributed by atoms with Crippen molar-refractivity contribution in [1.29, 1.82) is 0 Å². The summed E-state index contributed by atoms with van der Waals surface area (Å²) in [6, 6.07) is 0. The second-order valence-electron chi connectivity index (χ2n) is 7.03. The first-order valence-electron chi connectivity index (χ1n) is 10.2. The maximum absolute atomic E-state index is 10.7. The van der Waals surface area contributed by atoms with Crippen LogP contribution in [0, 0.1) is 0 Å². The van der Waals surface area contributed by atoms with Crippen LogP contribution in [0.5, 0.6) is 0 Å². The van der Waals surface area contributed by atoms with Crippen LogP contribution >= 0.6 is 0 Å². The predicted octanol–water partition coefficient (Wildman–Crippen LogP) is 4.33. The standard InChI is InChI=1S/C20H41NO3/c1-19(23)21-17-14-12-10-8-6-4-2-3-5-7-9-11-13-15-20(24)16-18-22/h20,22,24H,2-18H2,1H3,(H,21,23). The largest absolute Gasteiger partial charge is 0.396 e. The van der Waals surface area contributed by atoms with Crippen molar-refractivity contribution >= 4 is 5.91 Å². The summed E-state index contributed by atoms with van der Waals surface area (Å²) in [6.45, 7) is 2.50. The minimum absolute atomic E-state index is 0.0780. The number of hydrogen-bond acceptors (Lipinski definition) is 3. The van der Waals surface area contributed by atoms with Gasteiger partial charge in [0.2, 0.25) is 5.91 Å². The van der Waals surface area contributed by atoms with Gasteiger partial charge in [-0.2, -0.15) is 0 Å². The van der Waals surface area contributed by atoms with E-state index in [1.807, 2.05) is 0 Å². The molecule has 0 aromatic rings. The van der Waals surface area contributed by atoms with Gasteiger partial charge in [0.1, 0.15) is 0 Å². The molecule has 1 unspecified atom stereocenters. The topological polar surface area (TPSA) is 69.6 Å². The first kappa shape index (κ1) is 23.4. The molecule has 24 heavy (non-hydrogen) atoms. The maximum atomic E-state index is 10.7. The highest BCUT2D eigenvalue weighted by Gasteiger charge is 2.02. The number of aliphatic hydroxyl groups excluding tert-OH is 2. The van der Waals surface area contributed by atoms with E-state index in [-0.39, 0.29) is 18.6 Å². The molecule has 0 heterocycles. The Hall–Kier alpha value is -0.610. The van der Waals surface area contributed by atoms with Crippen molar-refractivity contribution in [3.05, 3.63) is 0 Å². The third kappa shape index (κ3) is 19.4. The highest BCUT2D eigenvalue weighted by Crippen LogP contribution is 2.13. The minimum Gasteiger partial charge on any atom is -0.396 e. The summed E-state index contributed by atoms with van der Waals surface area (Å²) >= 11 is 0. The lowest BCUT2D eigenvalue weighted by molar-refractivity contribution is -0.118. The Bertz CT molecular complexity index is 272. The fourth-order valence-corrected chi connectivity index (χ4v) is 3.01. The summed E-state index contributed by atoms with van der Waals surface area (Å²) in [5, 5.41) is 21.0. The van der Waals surface area contributed by atoms with Crippen LogP contribution in [-0.2, 0) is 4.79 Å². The molecule has 0 saturated carbocycles. The van der Waals surface area contributed by atoms with Crippen molar-refractivity contribution in [2.75, 3.05) is 13.2 Å². The average molecular weight is 344 g/mol. The summed E-state index contributed by atoms with van der Waals surface area (Å²) in [6.07, 6.45) is 17.7. The fraction of sp³-hybridized carbons (Fsp3) is 0.950. The molecule has 0 aliphatic carbocycles. The number of hydrogen-bond donors (Lipinski definition) is 3. The Kier molecular flexibility index (Phi) is 18.2. The molecule has 0 radical (unpaired) electrons. The van der Waals surface area contributed by atoms with E-state index in [0.29, 0.717) is 6.42 Å². The van der Waals surface area contributed by atoms with Gasteiger partial charge >= 0.3 is 0 Å². The van der Waals surface area contributed by atoms with Crippen LogP contribution in [0.1, 0.15) is 103 Å². The molecule has 144 valence electrons. The molecule has 1 amide bonds. The van der Waals surface area contributed by atoms with Crippen molar-refractivity contribution in [3.8, 4) is 0 Å². The second-order valence-corrected chi connectivity index (χ2v) is 7.03. The highest BCUT2D eigenvalue weighted by molar-refractivity contribution is 5.72. The lowest BCUT2D eigenvalue weighted by Gasteiger charge is -2.08. The highest BCUT2D eigenvalue weighted by atomic mass is 16.3. The molecular weight excluding hydrogens is 302 g/mol. The van der Waals surface area contributed by atoms with Crippen molar-refractivity contribution < 1.29 is 15.0 Å². The summed E-state index contributed by atoms with van der Waals surface area (Å²) in [7, 11) is 0. The number of unbranched alkanes of at least 4 members (excludes halogenated alkanes) is 12. The summed E-state index contributed by atoms with van der Waals surface area (Å²) in [4.78, 5) is 10.7. The van der Waals surface area contributed by atoms with Crippen molar-refractivity contribution in [2.45, 2.75) is 109 Å². The van der Waals surface area contributed by atoms with E-state index >= 15 is 0 Å². The molecule has 3 N–H and O–H groups in total. The summed E-state index contributed by atoms with van der Waals surface area (Å²) in [5.41, 5.74) is 0. The maximum Gasteiger partial charge on any atom is 0.216 e. The molecule has 0 aromatic heterocycles. The van der Waals surface area contributed by atoms with Gasteiger partial charge in [-0.25, -0.2) is 0 Å². The molecule has 4 heteroatoms. The van der Waals surface area contributed by atoms with Gasteiger partial charge in [0.15, 0.2) is 0 Å². The summed E-state index contributed by atoms with van der Waals surface area (Å²) in [5.74, 6) is 0.0780. The third-order valence-corrected chi connectivity index (χ3v) is 4.55. The van der Waals surface area contributed by atoms with E-state index in [1.165, 1.54) is 70.6 Å². The van der Waals surface area contributed by atoms with Gasteiger partial charge in [-0.05, 0) is 19.3 Å². The predicted molar refractivity (Wildman–Crippen MR) is 101 cm³/mol. The van der Waals surface area contributed by atoms with Crippen LogP contribution in [0.3, 0.4) is 0 Å². The molecule has 1 atom stereocenters. The van der Waals surface area contributed by atoms with Crippen molar-refractivity contribution in [1.82, 2.24) is 5.32 Å². The van der Waals surface area contributed by atoms with Crippen LogP contribution < -0.4 is 5.32 Å². The van der Waals surface area contributed by atoms with Gasteiger partial charge in [-0.3, -0.25) is 4.79 Å². The minimum atomic E-state index is -0.305. The van der Waals surface area contributed by atoms with Gasteiger partial charge in [0.05, 0.1) is 6.10 Å². The molecule has 0 rings (SSSR count). The quantitative estimate of drug-likeness (QED) is 0.324. The number of carbonyl (C=O) groups excluding carboxylic acids is 1. The number of carbonyl (C=O) groups is 1. The van der Waals surface area contributed by atoms with E-state index < -0.39 is 0 Å². The lowest BCUT2D eigenvalue weighted by atomic mass is 10.0. The average Bonchev–Trinajstić information content (AvgIpc) is 2.54. The zero-order chi connectivity index (χ0) is 17.9. The van der Waals surface area contributed by atoms with Gasteiger partial charge in [0.25, 0.3) is 0 Å². The van der Waals surface area contributed by atoms with E-state index in [4.69, 9.17) is 5.11 Å². The Morgan fingerprint density at radius 1 is 0.750 bits per heavy atom.